The second-order valence-electron chi connectivity index (χ2n) is 7.38. The number of nitrogens with one attached hydrogen (secondary N) is 2. The minimum Gasteiger partial charge on any atom is -0.394 e. The van der Waals surface area contributed by atoms with Crippen LogP contribution in [-0.4, -0.2) is 22.7 Å². The summed E-state index contributed by atoms with van der Waals surface area (Å²) in [4.78, 5) is 16.6. The lowest BCUT2D eigenvalue weighted by molar-refractivity contribution is 0.225. The zero-order valence-corrected chi connectivity index (χ0v) is 17.4. The summed E-state index contributed by atoms with van der Waals surface area (Å²) in [5.74, 6) is 2.77. The van der Waals surface area contributed by atoms with Gasteiger partial charge in [-0.3, -0.25) is 5.32 Å². The molecule has 31 heavy (non-hydrogen) atoms. The van der Waals surface area contributed by atoms with E-state index in [2.05, 4.69) is 27.6 Å². The van der Waals surface area contributed by atoms with Gasteiger partial charge in [-0.25, -0.2) is 9.78 Å². The van der Waals surface area contributed by atoms with E-state index in [1.54, 1.807) is 5.38 Å². The van der Waals surface area contributed by atoms with Crippen molar-refractivity contribution < 1.29 is 9.90 Å². The molecule has 1 aliphatic rings. The van der Waals surface area contributed by atoms with Gasteiger partial charge in [0.2, 0.25) is 0 Å². The van der Waals surface area contributed by atoms with E-state index in [-0.39, 0.29) is 6.61 Å². The van der Waals surface area contributed by atoms with Crippen molar-refractivity contribution in [3.63, 3.8) is 0 Å². The maximum atomic E-state index is 12.5. The summed E-state index contributed by atoms with van der Waals surface area (Å²) in [5.41, 5.74) is 3.04. The van der Waals surface area contributed by atoms with Crippen molar-refractivity contribution in [3.8, 4) is 29.5 Å². The molecule has 1 atom stereocenters. The Balaban J connectivity index is 1.62. The SMILES string of the molecule is C#Cc1nc(NC(=O)N[C@@H](CO)c2ccc(-c3ccccc3)cc2C2(C#N)CC2)cs1. The van der Waals surface area contributed by atoms with E-state index in [1.807, 2.05) is 48.5 Å². The number of terminal acetylenes is 1. The summed E-state index contributed by atoms with van der Waals surface area (Å²) in [5, 5.41) is 27.4. The molecule has 0 saturated heterocycles. The third-order valence-corrected chi connectivity index (χ3v) is 6.15. The number of amides is 2. The second kappa shape index (κ2) is 8.61. The number of aromatic nitrogens is 1. The van der Waals surface area contributed by atoms with Crippen molar-refractivity contribution in [2.45, 2.75) is 24.3 Å². The van der Waals surface area contributed by atoms with E-state index >= 15 is 0 Å². The van der Waals surface area contributed by atoms with Gasteiger partial charge in [0.25, 0.3) is 0 Å². The maximum Gasteiger partial charge on any atom is 0.320 e. The first-order chi connectivity index (χ1) is 15.1. The van der Waals surface area contributed by atoms with E-state index in [1.165, 1.54) is 11.3 Å². The van der Waals surface area contributed by atoms with Crippen molar-refractivity contribution in [2.75, 3.05) is 11.9 Å². The van der Waals surface area contributed by atoms with Gasteiger partial charge in [0.05, 0.1) is 24.1 Å². The maximum absolute atomic E-state index is 12.5. The number of urea groups is 1. The number of benzene rings is 2. The molecule has 1 saturated carbocycles. The first-order valence-corrected chi connectivity index (χ1v) is 10.7. The van der Waals surface area contributed by atoms with Gasteiger partial charge in [0.15, 0.2) is 5.01 Å². The third kappa shape index (κ3) is 4.29. The molecule has 6 nitrogen and oxygen atoms in total. The normalized spacial score (nSPS) is 14.7. The molecule has 2 aromatic carbocycles. The van der Waals surface area contributed by atoms with E-state index in [0.717, 1.165) is 35.1 Å². The molecule has 3 aromatic rings. The average molecular weight is 429 g/mol. The summed E-state index contributed by atoms with van der Waals surface area (Å²) < 4.78 is 0. The fraction of sp³-hybridized carbons (Fsp3) is 0.208. The molecular weight excluding hydrogens is 408 g/mol. The van der Waals surface area contributed by atoms with Gasteiger partial charge in [-0.05, 0) is 47.1 Å². The first-order valence-electron chi connectivity index (χ1n) is 9.80. The Hall–Kier alpha value is -3.65. The van der Waals surface area contributed by atoms with Crippen LogP contribution in [0.2, 0.25) is 0 Å². The van der Waals surface area contributed by atoms with Crippen LogP contribution in [0.1, 0.15) is 35.0 Å². The van der Waals surface area contributed by atoms with E-state index < -0.39 is 17.5 Å². The van der Waals surface area contributed by atoms with Crippen LogP contribution in [0.25, 0.3) is 11.1 Å². The zero-order valence-electron chi connectivity index (χ0n) is 16.6. The van der Waals surface area contributed by atoms with Crippen LogP contribution in [0.4, 0.5) is 10.6 Å². The highest BCUT2D eigenvalue weighted by Crippen LogP contribution is 2.50. The lowest BCUT2D eigenvalue weighted by Gasteiger charge is -2.23. The van der Waals surface area contributed by atoms with Gasteiger partial charge >= 0.3 is 6.03 Å². The number of thiazole rings is 1. The molecule has 0 aliphatic heterocycles. The minimum atomic E-state index is -0.670. The zero-order chi connectivity index (χ0) is 21.8. The Kier molecular flexibility index (Phi) is 5.73. The van der Waals surface area contributed by atoms with Crippen molar-refractivity contribution in [1.29, 1.82) is 5.26 Å². The second-order valence-corrected chi connectivity index (χ2v) is 8.24. The minimum absolute atomic E-state index is 0.306. The van der Waals surface area contributed by atoms with Crippen LogP contribution in [0.15, 0.2) is 53.9 Å². The largest absolute Gasteiger partial charge is 0.394 e. The van der Waals surface area contributed by atoms with Crippen molar-refractivity contribution in [2.24, 2.45) is 0 Å². The standard InChI is InChI=1S/C24H20N4O2S/c1-2-22-27-21(14-31-22)28-23(30)26-20(13-29)18-9-8-17(16-6-4-3-5-7-16)12-19(18)24(15-25)10-11-24/h1,3-9,12,14,20,29H,10-11,13H2,(H2,26,28,30)/t20-/m0/s1. The Morgan fingerprint density at radius 2 is 2.03 bits per heavy atom. The number of carbonyl (C=O) groups is 1. The Bertz CT molecular complexity index is 1190. The molecule has 154 valence electrons. The monoisotopic (exact) mass is 428 g/mol. The summed E-state index contributed by atoms with van der Waals surface area (Å²) in [7, 11) is 0. The lowest BCUT2D eigenvalue weighted by Crippen LogP contribution is -2.35. The summed E-state index contributed by atoms with van der Waals surface area (Å²) in [6, 6.07) is 17.0. The summed E-state index contributed by atoms with van der Waals surface area (Å²) in [6.45, 7) is -0.306. The molecule has 7 heteroatoms. The van der Waals surface area contributed by atoms with Crippen LogP contribution in [0, 0.1) is 23.7 Å². The topological polar surface area (TPSA) is 98.0 Å². The first kappa shape index (κ1) is 20.6. The van der Waals surface area contributed by atoms with Gasteiger partial charge in [0.1, 0.15) is 5.82 Å². The van der Waals surface area contributed by atoms with E-state index in [4.69, 9.17) is 6.42 Å². The van der Waals surface area contributed by atoms with Crippen LogP contribution >= 0.6 is 11.3 Å². The molecule has 0 unspecified atom stereocenters. The van der Waals surface area contributed by atoms with E-state index in [0.29, 0.717) is 10.8 Å². The van der Waals surface area contributed by atoms with Crippen molar-refractivity contribution >= 4 is 23.2 Å². The van der Waals surface area contributed by atoms with Crippen molar-refractivity contribution in [3.05, 3.63) is 70.0 Å². The Labute approximate surface area is 184 Å². The summed E-state index contributed by atoms with van der Waals surface area (Å²) in [6.07, 6.45) is 6.83. The number of nitriles is 1. The fourth-order valence-corrected chi connectivity index (χ4v) is 4.13. The molecule has 0 spiro atoms. The number of hydrogen-bond acceptors (Lipinski definition) is 5. The highest BCUT2D eigenvalue weighted by molar-refractivity contribution is 7.10. The Morgan fingerprint density at radius 3 is 2.65 bits per heavy atom. The third-order valence-electron chi connectivity index (χ3n) is 5.37. The van der Waals surface area contributed by atoms with Crippen LogP contribution in [0.5, 0.6) is 0 Å². The number of hydrogen-bond donors (Lipinski definition) is 3. The molecule has 1 aromatic heterocycles. The number of nitrogens with zero attached hydrogens (tertiary/aromatic N) is 2. The van der Waals surface area contributed by atoms with Crippen LogP contribution < -0.4 is 10.6 Å². The van der Waals surface area contributed by atoms with Crippen LogP contribution in [-0.2, 0) is 5.41 Å². The molecule has 0 radical (unpaired) electrons. The fourth-order valence-electron chi connectivity index (χ4n) is 3.58. The molecule has 1 heterocycles. The number of anilines is 1. The molecule has 2 amide bonds. The van der Waals surface area contributed by atoms with Gasteiger partial charge in [-0.2, -0.15) is 5.26 Å². The number of carbonyl (C=O) groups excluding carboxylic acids is 1. The van der Waals surface area contributed by atoms with Gasteiger partial charge < -0.3 is 10.4 Å². The van der Waals surface area contributed by atoms with Gasteiger partial charge in [0, 0.05) is 5.38 Å². The predicted octanol–water partition coefficient (Wildman–Crippen LogP) is 4.20. The van der Waals surface area contributed by atoms with Gasteiger partial charge in [-0.15, -0.1) is 17.8 Å². The van der Waals surface area contributed by atoms with E-state index in [9.17, 15) is 15.2 Å². The predicted molar refractivity (Wildman–Crippen MR) is 120 cm³/mol. The molecule has 3 N–H and O–H groups in total. The van der Waals surface area contributed by atoms with Crippen LogP contribution in [0.3, 0.4) is 0 Å². The molecule has 0 bridgehead atoms. The number of aliphatic hydroxyl groups excluding tert-OH is 1. The Morgan fingerprint density at radius 1 is 1.26 bits per heavy atom. The molecule has 1 aliphatic carbocycles. The lowest BCUT2D eigenvalue weighted by atomic mass is 9.86. The summed E-state index contributed by atoms with van der Waals surface area (Å²) >= 11 is 1.25. The highest BCUT2D eigenvalue weighted by Gasteiger charge is 2.47. The molecule has 1 fully saturated rings. The highest BCUT2D eigenvalue weighted by atomic mass is 32.1. The average Bonchev–Trinajstić information content (AvgIpc) is 3.49. The van der Waals surface area contributed by atoms with Crippen molar-refractivity contribution in [1.82, 2.24) is 10.3 Å². The molecular formula is C24H20N4O2S. The quantitative estimate of drug-likeness (QED) is 0.513. The smallest absolute Gasteiger partial charge is 0.320 e. The number of aliphatic hydroxyl groups is 1. The van der Waals surface area contributed by atoms with Gasteiger partial charge in [-0.1, -0.05) is 42.5 Å². The molecule has 4 rings (SSSR count). The number of rotatable bonds is 6.